The third kappa shape index (κ3) is 4.66. The molecule has 48 heavy (non-hydrogen) atoms. The van der Waals surface area contributed by atoms with Crippen molar-refractivity contribution in [3.8, 4) is 17.2 Å². The van der Waals surface area contributed by atoms with Crippen molar-refractivity contribution in [2.24, 2.45) is 56.7 Å². The largest absolute Gasteiger partial charge is 0.493 e. The van der Waals surface area contributed by atoms with E-state index in [0.717, 1.165) is 32.1 Å². The van der Waals surface area contributed by atoms with Crippen molar-refractivity contribution in [1.82, 2.24) is 0 Å². The fourth-order valence-electron chi connectivity index (χ4n) is 12.4. The van der Waals surface area contributed by atoms with E-state index in [1.54, 1.807) is 0 Å². The van der Waals surface area contributed by atoms with Crippen molar-refractivity contribution in [3.63, 3.8) is 0 Å². The van der Waals surface area contributed by atoms with Gasteiger partial charge in [0.15, 0.2) is 11.5 Å². The summed E-state index contributed by atoms with van der Waals surface area (Å²) < 4.78 is 22.2. The number of benzene rings is 1. The lowest BCUT2D eigenvalue weighted by Gasteiger charge is -2.71. The second-order valence-corrected chi connectivity index (χ2v) is 17.4. The maximum atomic E-state index is 14.5. The van der Waals surface area contributed by atoms with Crippen LogP contribution in [-0.4, -0.2) is 55.7 Å². The topological polar surface area (TPSA) is 112 Å². The SMILES string of the molecule is COc1cc(C(=O)OC(=O)[C@]23CC[C@@H](C)[C@H](C)C2C2=CCC4[C@@]5(C)C[C@@H](O)[C@H](O)C(C)(C)C5CC[C@@]4(C)[C@]2(C)CC3)cc(OC)c1OC. The van der Waals surface area contributed by atoms with E-state index in [0.29, 0.717) is 54.3 Å². The van der Waals surface area contributed by atoms with E-state index in [1.807, 2.05) is 0 Å². The fourth-order valence-corrected chi connectivity index (χ4v) is 12.4. The summed E-state index contributed by atoms with van der Waals surface area (Å²) in [6, 6.07) is 3.05. The van der Waals surface area contributed by atoms with Gasteiger partial charge in [-0.3, -0.25) is 4.79 Å². The third-order valence-corrected chi connectivity index (χ3v) is 15.4. The van der Waals surface area contributed by atoms with Crippen molar-refractivity contribution in [2.45, 2.75) is 112 Å². The molecule has 0 radical (unpaired) electrons. The van der Waals surface area contributed by atoms with Gasteiger partial charge in [0, 0.05) is 0 Å². The monoisotopic (exact) mass is 666 g/mol. The van der Waals surface area contributed by atoms with Crippen LogP contribution in [0.1, 0.15) is 110 Å². The Labute approximate surface area is 286 Å². The number of hydrogen-bond donors (Lipinski definition) is 2. The first-order chi connectivity index (χ1) is 22.5. The molecular weight excluding hydrogens is 608 g/mol. The first kappa shape index (κ1) is 35.3. The number of esters is 2. The Morgan fingerprint density at radius 2 is 1.48 bits per heavy atom. The summed E-state index contributed by atoms with van der Waals surface area (Å²) in [4.78, 5) is 28.2. The number of carbonyl (C=O) groups is 2. The molecule has 2 N–H and O–H groups in total. The summed E-state index contributed by atoms with van der Waals surface area (Å²) in [6.07, 6.45) is 7.66. The normalized spacial score (nSPS) is 42.9. The molecule has 8 heteroatoms. The minimum Gasteiger partial charge on any atom is -0.493 e. The molecule has 3 unspecified atom stereocenters. The van der Waals surface area contributed by atoms with E-state index in [9.17, 15) is 19.8 Å². The molecule has 11 atom stereocenters. The van der Waals surface area contributed by atoms with Crippen LogP contribution in [0.5, 0.6) is 17.2 Å². The van der Waals surface area contributed by atoms with E-state index in [-0.39, 0.29) is 39.1 Å². The number of aliphatic hydroxyl groups is 2. The summed E-state index contributed by atoms with van der Waals surface area (Å²) in [5.74, 6) is 1.16. The standard InChI is InChI=1S/C40H58O8/c1-22-13-16-40(35(44)48-34(43)24-19-27(45-8)32(47-10)28(20-24)46-9)18-17-38(6)25(31(40)23(22)2)11-12-30-37(5)21-26(41)33(42)36(3,4)29(37)14-15-39(30,38)7/h11,19-20,22-23,26,29-31,33,41-42H,12-18,21H2,1-10H3/t22-,23+,26-,29?,30?,31?,33+,37+,38-,39-,40+/m1/s1. The van der Waals surface area contributed by atoms with E-state index >= 15 is 0 Å². The molecule has 0 aromatic heterocycles. The zero-order valence-electron chi connectivity index (χ0n) is 30.8. The van der Waals surface area contributed by atoms with E-state index < -0.39 is 29.6 Å². The molecule has 0 amide bonds. The first-order valence-corrected chi connectivity index (χ1v) is 18.1. The number of carbonyl (C=O) groups excluding carboxylic acids is 2. The van der Waals surface area contributed by atoms with Crippen LogP contribution < -0.4 is 14.2 Å². The highest BCUT2D eigenvalue weighted by Crippen LogP contribution is 2.75. The molecule has 0 bridgehead atoms. The van der Waals surface area contributed by atoms with Crippen LogP contribution in [-0.2, 0) is 9.53 Å². The number of hydrogen-bond acceptors (Lipinski definition) is 8. The Bertz CT molecular complexity index is 1470. The number of allylic oxidation sites excluding steroid dienone is 2. The molecule has 5 aliphatic carbocycles. The van der Waals surface area contributed by atoms with Crippen LogP contribution in [0.15, 0.2) is 23.8 Å². The van der Waals surface area contributed by atoms with Gasteiger partial charge >= 0.3 is 11.9 Å². The Balaban J connectivity index is 1.37. The maximum absolute atomic E-state index is 14.5. The number of fused-ring (bicyclic) bond motifs is 7. The van der Waals surface area contributed by atoms with Crippen LogP contribution in [0.3, 0.4) is 0 Å². The number of methoxy groups -OCH3 is 3. The molecular formula is C40H58O8. The van der Waals surface area contributed by atoms with Crippen LogP contribution in [0.2, 0.25) is 0 Å². The van der Waals surface area contributed by atoms with Crippen LogP contribution >= 0.6 is 0 Å². The third-order valence-electron chi connectivity index (χ3n) is 15.4. The van der Waals surface area contributed by atoms with Crippen molar-refractivity contribution in [2.75, 3.05) is 21.3 Å². The van der Waals surface area contributed by atoms with E-state index in [2.05, 4.69) is 54.5 Å². The highest BCUT2D eigenvalue weighted by Gasteiger charge is 2.70. The van der Waals surface area contributed by atoms with Crippen LogP contribution in [0, 0.1) is 56.7 Å². The highest BCUT2D eigenvalue weighted by atomic mass is 16.6. The maximum Gasteiger partial charge on any atom is 0.346 e. The molecule has 4 saturated carbocycles. The van der Waals surface area contributed by atoms with Crippen molar-refractivity contribution in [1.29, 1.82) is 0 Å². The Morgan fingerprint density at radius 1 is 0.833 bits per heavy atom. The average molecular weight is 667 g/mol. The van der Waals surface area contributed by atoms with Gasteiger partial charge in [0.05, 0.1) is 44.5 Å². The van der Waals surface area contributed by atoms with Gasteiger partial charge in [0.25, 0.3) is 0 Å². The highest BCUT2D eigenvalue weighted by molar-refractivity contribution is 5.99. The second kappa shape index (κ2) is 11.8. The Kier molecular flexibility index (Phi) is 8.63. The van der Waals surface area contributed by atoms with Gasteiger partial charge in [-0.15, -0.1) is 0 Å². The molecule has 1 aromatic rings. The molecule has 266 valence electrons. The zero-order valence-corrected chi connectivity index (χ0v) is 30.8. The molecule has 5 aliphatic rings. The minimum atomic E-state index is -0.787. The first-order valence-electron chi connectivity index (χ1n) is 18.1. The lowest BCUT2D eigenvalue weighted by Crippen LogP contribution is -2.67. The van der Waals surface area contributed by atoms with Gasteiger partial charge in [-0.05, 0) is 115 Å². The van der Waals surface area contributed by atoms with Gasteiger partial charge < -0.3 is 29.2 Å². The zero-order chi connectivity index (χ0) is 35.2. The van der Waals surface area contributed by atoms with Gasteiger partial charge in [-0.25, -0.2) is 4.79 Å². The van der Waals surface area contributed by atoms with Gasteiger partial charge in [0.2, 0.25) is 5.75 Å². The smallest absolute Gasteiger partial charge is 0.346 e. The summed E-state index contributed by atoms with van der Waals surface area (Å²) in [6.45, 7) is 16.2. The predicted molar refractivity (Wildman–Crippen MR) is 183 cm³/mol. The lowest BCUT2D eigenvalue weighted by atomic mass is 9.33. The van der Waals surface area contributed by atoms with Crippen molar-refractivity contribution < 1.29 is 38.7 Å². The fraction of sp³-hybridized carbons (Fsp3) is 0.750. The molecule has 0 spiro atoms. The number of rotatable bonds is 5. The summed E-state index contributed by atoms with van der Waals surface area (Å²) in [5, 5.41) is 22.3. The Hall–Kier alpha value is -2.58. The van der Waals surface area contributed by atoms with E-state index in [1.165, 1.54) is 39.0 Å². The number of aliphatic hydroxyl groups excluding tert-OH is 2. The molecule has 6 rings (SSSR count). The van der Waals surface area contributed by atoms with Crippen molar-refractivity contribution in [3.05, 3.63) is 29.3 Å². The average Bonchev–Trinajstić information content (AvgIpc) is 3.04. The summed E-state index contributed by atoms with van der Waals surface area (Å²) >= 11 is 0. The minimum absolute atomic E-state index is 0.0289. The lowest BCUT2D eigenvalue weighted by molar-refractivity contribution is -0.232. The molecule has 4 fully saturated rings. The molecule has 0 heterocycles. The van der Waals surface area contributed by atoms with Crippen LogP contribution in [0.25, 0.3) is 0 Å². The molecule has 0 aliphatic heterocycles. The predicted octanol–water partition coefficient (Wildman–Crippen LogP) is 7.39. The molecule has 8 nitrogen and oxygen atoms in total. The number of ether oxygens (including phenoxy) is 4. The van der Waals surface area contributed by atoms with Gasteiger partial charge in [0.1, 0.15) is 0 Å². The van der Waals surface area contributed by atoms with Gasteiger partial charge in [-0.2, -0.15) is 0 Å². The van der Waals surface area contributed by atoms with E-state index in [4.69, 9.17) is 18.9 Å². The molecule has 0 saturated heterocycles. The van der Waals surface area contributed by atoms with Crippen LogP contribution in [0.4, 0.5) is 0 Å². The summed E-state index contributed by atoms with van der Waals surface area (Å²) in [7, 11) is 4.48. The van der Waals surface area contributed by atoms with Gasteiger partial charge in [-0.1, -0.05) is 60.1 Å². The Morgan fingerprint density at radius 3 is 2.08 bits per heavy atom. The van der Waals surface area contributed by atoms with Crippen molar-refractivity contribution >= 4 is 11.9 Å². The molecule has 1 aromatic carbocycles. The second-order valence-electron chi connectivity index (χ2n) is 17.4. The summed E-state index contributed by atoms with van der Waals surface area (Å²) in [5.41, 5.74) is 0.0854. The quantitative estimate of drug-likeness (QED) is 0.190.